The molecule has 1 N–H and O–H groups in total. The van der Waals surface area contributed by atoms with Crippen LogP contribution < -0.4 is 15.0 Å². The molecule has 1 amide bonds. The molecule has 2 rings (SSSR count). The molecule has 23 heavy (non-hydrogen) atoms. The topological polar surface area (TPSA) is 54.0 Å². The summed E-state index contributed by atoms with van der Waals surface area (Å²) in [5.41, 5.74) is 1.17. The number of ether oxygens (including phenoxy) is 2. The number of rotatable bonds is 8. The minimum atomic E-state index is 0.0935. The van der Waals surface area contributed by atoms with E-state index in [0.29, 0.717) is 19.7 Å². The third-order valence-corrected chi connectivity index (χ3v) is 4.01. The number of hydrogen-bond acceptors (Lipinski definition) is 5. The first kappa shape index (κ1) is 17.6. The Hall–Kier alpha value is -1.79. The van der Waals surface area contributed by atoms with Crippen LogP contribution in [0.2, 0.25) is 0 Å². The SMILES string of the molecule is COCCCNC(=O)CN1CCN(c2cccc(OC)c2)CC1. The molecule has 128 valence electrons. The molecule has 0 aliphatic carbocycles. The molecule has 1 fully saturated rings. The fraction of sp³-hybridized carbons (Fsp3) is 0.588. The number of hydrogen-bond donors (Lipinski definition) is 1. The Morgan fingerprint density at radius 1 is 1.22 bits per heavy atom. The lowest BCUT2D eigenvalue weighted by molar-refractivity contribution is -0.122. The molecule has 1 heterocycles. The smallest absolute Gasteiger partial charge is 0.234 e. The van der Waals surface area contributed by atoms with Crippen molar-refractivity contribution in [3.63, 3.8) is 0 Å². The van der Waals surface area contributed by atoms with Crippen molar-refractivity contribution in [2.24, 2.45) is 0 Å². The molecule has 0 atom stereocenters. The molecular weight excluding hydrogens is 294 g/mol. The van der Waals surface area contributed by atoms with Crippen LogP contribution in [0.1, 0.15) is 6.42 Å². The first-order valence-electron chi connectivity index (χ1n) is 8.10. The number of piperazine rings is 1. The van der Waals surface area contributed by atoms with Crippen LogP contribution in [0.4, 0.5) is 5.69 Å². The van der Waals surface area contributed by atoms with E-state index in [1.807, 2.05) is 12.1 Å². The van der Waals surface area contributed by atoms with Crippen molar-refractivity contribution in [2.75, 3.05) is 65.0 Å². The Labute approximate surface area is 138 Å². The van der Waals surface area contributed by atoms with Crippen LogP contribution in [0.25, 0.3) is 0 Å². The molecule has 1 aliphatic heterocycles. The van der Waals surface area contributed by atoms with Crippen LogP contribution in [0, 0.1) is 0 Å². The van der Waals surface area contributed by atoms with Crippen molar-refractivity contribution in [3.8, 4) is 5.75 Å². The quantitative estimate of drug-likeness (QED) is 0.723. The van der Waals surface area contributed by atoms with Crippen LogP contribution in [-0.4, -0.2) is 70.9 Å². The van der Waals surface area contributed by atoms with Crippen molar-refractivity contribution < 1.29 is 14.3 Å². The molecule has 0 aromatic heterocycles. The molecule has 1 aromatic rings. The summed E-state index contributed by atoms with van der Waals surface area (Å²) in [6.07, 6.45) is 0.853. The average Bonchev–Trinajstić information content (AvgIpc) is 2.59. The zero-order valence-corrected chi connectivity index (χ0v) is 14.1. The van der Waals surface area contributed by atoms with Gasteiger partial charge in [0.1, 0.15) is 5.75 Å². The van der Waals surface area contributed by atoms with Crippen LogP contribution in [-0.2, 0) is 9.53 Å². The third-order valence-electron chi connectivity index (χ3n) is 4.01. The van der Waals surface area contributed by atoms with Gasteiger partial charge in [-0.3, -0.25) is 9.69 Å². The minimum absolute atomic E-state index is 0.0935. The molecule has 1 aromatic carbocycles. The molecule has 6 nitrogen and oxygen atoms in total. The summed E-state index contributed by atoms with van der Waals surface area (Å²) in [4.78, 5) is 16.4. The maximum Gasteiger partial charge on any atom is 0.234 e. The molecule has 0 bridgehead atoms. The number of nitrogens with zero attached hydrogens (tertiary/aromatic N) is 2. The third kappa shape index (κ3) is 5.73. The van der Waals surface area contributed by atoms with Crippen molar-refractivity contribution in [1.29, 1.82) is 0 Å². The summed E-state index contributed by atoms with van der Waals surface area (Å²) in [5, 5.41) is 2.93. The van der Waals surface area contributed by atoms with Gasteiger partial charge in [-0.25, -0.2) is 0 Å². The zero-order valence-electron chi connectivity index (χ0n) is 14.1. The van der Waals surface area contributed by atoms with Crippen molar-refractivity contribution in [1.82, 2.24) is 10.2 Å². The maximum atomic E-state index is 11.9. The molecule has 0 saturated carbocycles. The van der Waals surface area contributed by atoms with E-state index >= 15 is 0 Å². The first-order valence-corrected chi connectivity index (χ1v) is 8.10. The maximum absolute atomic E-state index is 11.9. The highest BCUT2D eigenvalue weighted by Crippen LogP contribution is 2.21. The standard InChI is InChI=1S/C17H27N3O3/c1-22-12-4-7-18-17(21)14-19-8-10-20(11-9-19)15-5-3-6-16(13-15)23-2/h3,5-6,13H,4,7-12,14H2,1-2H3,(H,18,21). The van der Waals surface area contributed by atoms with Gasteiger partial charge >= 0.3 is 0 Å². The number of amides is 1. The number of carbonyl (C=O) groups is 1. The second-order valence-corrected chi connectivity index (χ2v) is 5.66. The van der Waals surface area contributed by atoms with Gasteiger partial charge in [0.05, 0.1) is 13.7 Å². The zero-order chi connectivity index (χ0) is 16.5. The Morgan fingerprint density at radius 2 is 2.00 bits per heavy atom. The van der Waals surface area contributed by atoms with Crippen molar-refractivity contribution >= 4 is 11.6 Å². The highest BCUT2D eigenvalue weighted by Gasteiger charge is 2.19. The molecular formula is C17H27N3O3. The molecule has 0 unspecified atom stereocenters. The molecule has 0 radical (unpaired) electrons. The van der Waals surface area contributed by atoms with Gasteiger partial charge in [0.25, 0.3) is 0 Å². The van der Waals surface area contributed by atoms with Crippen molar-refractivity contribution in [2.45, 2.75) is 6.42 Å². The van der Waals surface area contributed by atoms with E-state index in [9.17, 15) is 4.79 Å². The van der Waals surface area contributed by atoms with Crippen LogP contribution in [0.5, 0.6) is 5.75 Å². The Balaban J connectivity index is 1.72. The average molecular weight is 321 g/mol. The van der Waals surface area contributed by atoms with Gasteiger partial charge in [-0.05, 0) is 18.6 Å². The summed E-state index contributed by atoms with van der Waals surface area (Å²) >= 11 is 0. The summed E-state index contributed by atoms with van der Waals surface area (Å²) in [5.74, 6) is 0.969. The minimum Gasteiger partial charge on any atom is -0.497 e. The summed E-state index contributed by atoms with van der Waals surface area (Å²) < 4.78 is 10.2. The molecule has 1 saturated heterocycles. The van der Waals surface area contributed by atoms with E-state index in [-0.39, 0.29) is 5.91 Å². The number of carbonyl (C=O) groups excluding carboxylic acids is 1. The van der Waals surface area contributed by atoms with Crippen LogP contribution in [0.3, 0.4) is 0 Å². The van der Waals surface area contributed by atoms with Gasteiger partial charge in [-0.15, -0.1) is 0 Å². The van der Waals surface area contributed by atoms with Gasteiger partial charge in [-0.1, -0.05) is 6.07 Å². The van der Waals surface area contributed by atoms with E-state index in [1.165, 1.54) is 5.69 Å². The monoisotopic (exact) mass is 321 g/mol. The number of benzene rings is 1. The second kappa shape index (κ2) is 9.37. The highest BCUT2D eigenvalue weighted by molar-refractivity contribution is 5.78. The Kier molecular flexibility index (Phi) is 7.16. The molecule has 6 heteroatoms. The van der Waals surface area contributed by atoms with Crippen LogP contribution in [0.15, 0.2) is 24.3 Å². The summed E-state index contributed by atoms with van der Waals surface area (Å²) in [7, 11) is 3.35. The molecule has 0 spiro atoms. The first-order chi connectivity index (χ1) is 11.2. The van der Waals surface area contributed by atoms with Gasteiger partial charge in [0.2, 0.25) is 5.91 Å². The Morgan fingerprint density at radius 3 is 2.70 bits per heavy atom. The van der Waals surface area contributed by atoms with Gasteiger partial charge in [-0.2, -0.15) is 0 Å². The summed E-state index contributed by atoms with van der Waals surface area (Å²) in [6.45, 7) is 5.45. The van der Waals surface area contributed by atoms with E-state index < -0.39 is 0 Å². The van der Waals surface area contributed by atoms with Gasteiger partial charge in [0.15, 0.2) is 0 Å². The lowest BCUT2D eigenvalue weighted by atomic mass is 10.2. The van der Waals surface area contributed by atoms with E-state index in [4.69, 9.17) is 9.47 Å². The number of nitrogens with one attached hydrogen (secondary N) is 1. The predicted molar refractivity (Wildman–Crippen MR) is 91.1 cm³/mol. The number of methoxy groups -OCH3 is 2. The van der Waals surface area contributed by atoms with Gasteiger partial charge in [0, 0.05) is 58.2 Å². The normalized spacial score (nSPS) is 15.5. The van der Waals surface area contributed by atoms with Crippen molar-refractivity contribution in [3.05, 3.63) is 24.3 Å². The van der Waals surface area contributed by atoms with Gasteiger partial charge < -0.3 is 19.7 Å². The summed E-state index contributed by atoms with van der Waals surface area (Å²) in [6, 6.07) is 8.11. The highest BCUT2D eigenvalue weighted by atomic mass is 16.5. The molecule has 1 aliphatic rings. The fourth-order valence-electron chi connectivity index (χ4n) is 2.67. The van der Waals surface area contributed by atoms with Crippen LogP contribution >= 0.6 is 0 Å². The second-order valence-electron chi connectivity index (χ2n) is 5.66. The fourth-order valence-corrected chi connectivity index (χ4v) is 2.67. The number of anilines is 1. The van der Waals surface area contributed by atoms with E-state index in [0.717, 1.165) is 38.3 Å². The van der Waals surface area contributed by atoms with E-state index in [1.54, 1.807) is 14.2 Å². The largest absolute Gasteiger partial charge is 0.497 e. The Bertz CT molecular complexity index is 488. The lowest BCUT2D eigenvalue weighted by Crippen LogP contribution is -2.49. The predicted octanol–water partition coefficient (Wildman–Crippen LogP) is 0.970. The lowest BCUT2D eigenvalue weighted by Gasteiger charge is -2.35. The van der Waals surface area contributed by atoms with E-state index in [2.05, 4.69) is 27.2 Å².